The monoisotopic (exact) mass is 360 g/mol. The Morgan fingerprint density at radius 1 is 0.464 bits per heavy atom. The summed E-state index contributed by atoms with van der Waals surface area (Å²) in [5.74, 6) is 0. The molecule has 0 heterocycles. The van der Waals surface area contributed by atoms with Gasteiger partial charge in [0.05, 0.1) is 0 Å². The summed E-state index contributed by atoms with van der Waals surface area (Å²) in [6, 6.07) is 39.0. The Morgan fingerprint density at radius 3 is 1.29 bits per heavy atom. The molecule has 0 spiro atoms. The van der Waals surface area contributed by atoms with Crippen LogP contribution in [0.15, 0.2) is 115 Å². The van der Waals surface area contributed by atoms with Gasteiger partial charge in [-0.3, -0.25) is 4.79 Å². The van der Waals surface area contributed by atoms with Crippen LogP contribution in [-0.4, -0.2) is 6.29 Å². The van der Waals surface area contributed by atoms with Crippen molar-refractivity contribution in [2.45, 2.75) is 0 Å². The fourth-order valence-electron chi connectivity index (χ4n) is 3.49. The number of hydrogen-bond donors (Lipinski definition) is 0. The molecule has 0 atom stereocenters. The summed E-state index contributed by atoms with van der Waals surface area (Å²) >= 11 is 0. The zero-order valence-electron chi connectivity index (χ0n) is 15.5. The van der Waals surface area contributed by atoms with Crippen molar-refractivity contribution in [2.24, 2.45) is 0 Å². The summed E-state index contributed by atoms with van der Waals surface area (Å²) < 4.78 is 0. The van der Waals surface area contributed by atoms with Crippen molar-refractivity contribution in [3.63, 3.8) is 0 Å². The van der Waals surface area contributed by atoms with Crippen LogP contribution in [0.5, 0.6) is 0 Å². The number of benzene rings is 4. The van der Waals surface area contributed by atoms with Crippen LogP contribution in [0, 0.1) is 0 Å². The largest absolute Gasteiger partial charge is 0.298 e. The Kier molecular flexibility index (Phi) is 5.26. The Labute approximate surface area is 165 Å². The van der Waals surface area contributed by atoms with E-state index in [9.17, 15) is 4.79 Å². The first-order valence-corrected chi connectivity index (χ1v) is 9.33. The fraction of sp³-hybridized carbons (Fsp3) is 0. The number of hydrogen-bond acceptors (Lipinski definition) is 1. The average molecular weight is 360 g/mol. The first kappa shape index (κ1) is 17.7. The van der Waals surface area contributed by atoms with Crippen molar-refractivity contribution < 1.29 is 4.79 Å². The van der Waals surface area contributed by atoms with E-state index in [0.29, 0.717) is 5.56 Å². The van der Waals surface area contributed by atoms with E-state index in [1.165, 1.54) is 0 Å². The second kappa shape index (κ2) is 8.32. The van der Waals surface area contributed by atoms with E-state index in [-0.39, 0.29) is 0 Å². The molecule has 1 heteroatoms. The molecule has 0 fully saturated rings. The Balaban J connectivity index is 2.10. The first-order valence-electron chi connectivity index (χ1n) is 9.33. The van der Waals surface area contributed by atoms with Gasteiger partial charge >= 0.3 is 0 Å². The fourth-order valence-corrected chi connectivity index (χ4v) is 3.49. The van der Waals surface area contributed by atoms with Crippen LogP contribution in [0.25, 0.3) is 11.1 Å². The molecule has 4 aromatic rings. The molecule has 134 valence electrons. The smallest absolute Gasteiger partial charge is 0.150 e. The van der Waals surface area contributed by atoms with E-state index in [2.05, 4.69) is 66.7 Å². The molecule has 0 saturated carbocycles. The number of carbonyl (C=O) groups excluding carboxylic acids is 1. The molecule has 0 aliphatic carbocycles. The molecule has 1 nitrogen and oxygen atoms in total. The van der Waals surface area contributed by atoms with Gasteiger partial charge in [0.2, 0.25) is 0 Å². The van der Waals surface area contributed by atoms with E-state index in [1.54, 1.807) is 0 Å². The summed E-state index contributed by atoms with van der Waals surface area (Å²) in [5, 5.41) is 0. The highest BCUT2D eigenvalue weighted by Crippen LogP contribution is 2.36. The third-order valence-electron chi connectivity index (χ3n) is 4.75. The van der Waals surface area contributed by atoms with Gasteiger partial charge < -0.3 is 0 Å². The molecule has 0 aliphatic rings. The van der Waals surface area contributed by atoms with Gasteiger partial charge in [-0.1, -0.05) is 109 Å². The summed E-state index contributed by atoms with van der Waals surface area (Å²) in [7, 11) is 0. The van der Waals surface area contributed by atoms with Gasteiger partial charge in [0.15, 0.2) is 0 Å². The van der Waals surface area contributed by atoms with Crippen LogP contribution < -0.4 is 0 Å². The predicted octanol–water partition coefficient (Wildman–Crippen LogP) is 6.51. The van der Waals surface area contributed by atoms with Gasteiger partial charge in [0, 0.05) is 5.56 Å². The lowest BCUT2D eigenvalue weighted by Crippen LogP contribution is -1.98. The maximum Gasteiger partial charge on any atom is 0.150 e. The lowest BCUT2D eigenvalue weighted by atomic mass is 9.85. The third-order valence-corrected chi connectivity index (χ3v) is 4.75. The van der Waals surface area contributed by atoms with Crippen LogP contribution in [0.2, 0.25) is 0 Å². The highest BCUT2D eigenvalue weighted by molar-refractivity contribution is 6.04. The first-order chi connectivity index (χ1) is 13.9. The van der Waals surface area contributed by atoms with Crippen LogP contribution in [-0.2, 0) is 0 Å². The molecule has 0 amide bonds. The highest BCUT2D eigenvalue weighted by atomic mass is 16.1. The summed E-state index contributed by atoms with van der Waals surface area (Å²) in [4.78, 5) is 11.4. The minimum Gasteiger partial charge on any atom is -0.298 e. The second-order valence-corrected chi connectivity index (χ2v) is 6.59. The van der Waals surface area contributed by atoms with Crippen molar-refractivity contribution in [2.75, 3.05) is 0 Å². The van der Waals surface area contributed by atoms with Gasteiger partial charge in [0.1, 0.15) is 6.29 Å². The summed E-state index contributed by atoms with van der Waals surface area (Å²) in [6.45, 7) is 0. The minimum atomic E-state index is 0.673. The maximum absolute atomic E-state index is 11.4. The second-order valence-electron chi connectivity index (χ2n) is 6.59. The van der Waals surface area contributed by atoms with E-state index in [0.717, 1.165) is 39.7 Å². The van der Waals surface area contributed by atoms with Crippen molar-refractivity contribution in [3.8, 4) is 0 Å². The van der Waals surface area contributed by atoms with E-state index >= 15 is 0 Å². The van der Waals surface area contributed by atoms with Gasteiger partial charge in [-0.15, -0.1) is 0 Å². The highest BCUT2D eigenvalue weighted by Gasteiger charge is 2.16. The molecule has 4 rings (SSSR count). The van der Waals surface area contributed by atoms with Crippen LogP contribution in [0.1, 0.15) is 32.6 Å². The molecular weight excluding hydrogens is 340 g/mol. The lowest BCUT2D eigenvalue weighted by molar-refractivity contribution is 0.112. The van der Waals surface area contributed by atoms with E-state index in [1.807, 2.05) is 48.5 Å². The number of aldehydes is 1. The van der Waals surface area contributed by atoms with Gasteiger partial charge in [0.25, 0.3) is 0 Å². The molecule has 0 unspecified atom stereocenters. The van der Waals surface area contributed by atoms with Crippen molar-refractivity contribution in [1.82, 2.24) is 0 Å². The topological polar surface area (TPSA) is 17.1 Å². The van der Waals surface area contributed by atoms with Gasteiger partial charge in [-0.25, -0.2) is 0 Å². The number of rotatable bonds is 5. The molecule has 0 aromatic heterocycles. The van der Waals surface area contributed by atoms with Crippen molar-refractivity contribution in [1.29, 1.82) is 0 Å². The predicted molar refractivity (Wildman–Crippen MR) is 116 cm³/mol. The van der Waals surface area contributed by atoms with Crippen molar-refractivity contribution in [3.05, 3.63) is 143 Å². The van der Waals surface area contributed by atoms with Crippen molar-refractivity contribution >= 4 is 17.4 Å². The number of carbonyl (C=O) groups is 1. The minimum absolute atomic E-state index is 0.673. The lowest BCUT2D eigenvalue weighted by Gasteiger charge is -2.18. The van der Waals surface area contributed by atoms with E-state index < -0.39 is 0 Å². The van der Waals surface area contributed by atoms with Crippen LogP contribution in [0.4, 0.5) is 0 Å². The molecule has 0 N–H and O–H groups in total. The molecule has 4 aromatic carbocycles. The summed E-state index contributed by atoms with van der Waals surface area (Å²) in [6.07, 6.45) is 0.900. The Hall–Kier alpha value is -3.71. The molecule has 0 radical (unpaired) electrons. The molecule has 0 bridgehead atoms. The standard InChI is InChI=1S/C27H20O/c28-20-21-11-10-18-25(19-21)27(24-16-8-3-9-17-24)26(22-12-4-1-5-13-22)23-14-6-2-7-15-23/h1-20H. The molecule has 0 saturated heterocycles. The maximum atomic E-state index is 11.4. The van der Waals surface area contributed by atoms with Crippen LogP contribution >= 0.6 is 0 Å². The third kappa shape index (κ3) is 3.70. The SMILES string of the molecule is O=Cc1cccc(C(=C(c2ccccc2)c2ccccc2)c2ccccc2)c1. The zero-order valence-corrected chi connectivity index (χ0v) is 15.5. The zero-order chi connectivity index (χ0) is 19.2. The quantitative estimate of drug-likeness (QED) is 0.293. The molecule has 28 heavy (non-hydrogen) atoms. The Morgan fingerprint density at radius 2 is 0.857 bits per heavy atom. The average Bonchev–Trinajstić information content (AvgIpc) is 2.79. The molecule has 0 aliphatic heterocycles. The van der Waals surface area contributed by atoms with Gasteiger partial charge in [-0.05, 0) is 39.5 Å². The van der Waals surface area contributed by atoms with Gasteiger partial charge in [-0.2, -0.15) is 0 Å². The summed E-state index contributed by atoms with van der Waals surface area (Å²) in [5.41, 5.74) is 7.36. The Bertz CT molecular complexity index is 1050. The van der Waals surface area contributed by atoms with Crippen LogP contribution in [0.3, 0.4) is 0 Å². The normalized spacial score (nSPS) is 10.3. The molecular formula is C27H20O. The van der Waals surface area contributed by atoms with E-state index in [4.69, 9.17) is 0 Å².